The van der Waals surface area contributed by atoms with Crippen molar-refractivity contribution in [2.24, 2.45) is 0 Å². The van der Waals surface area contributed by atoms with Crippen LogP contribution in [0, 0.1) is 10.1 Å². The number of aromatic nitrogens is 2. The van der Waals surface area contributed by atoms with Gasteiger partial charge in [-0.15, -0.1) is 0 Å². The van der Waals surface area contributed by atoms with Gasteiger partial charge in [-0.05, 0) is 30.5 Å². The molecule has 0 saturated heterocycles. The van der Waals surface area contributed by atoms with Gasteiger partial charge in [-0.3, -0.25) is 10.1 Å². The predicted octanol–water partition coefficient (Wildman–Crippen LogP) is 2.88. The van der Waals surface area contributed by atoms with E-state index in [0.29, 0.717) is 31.0 Å². The summed E-state index contributed by atoms with van der Waals surface area (Å²) in [7, 11) is 3.16. The lowest BCUT2D eigenvalue weighted by atomic mass is 10.1. The molecule has 140 valence electrons. The van der Waals surface area contributed by atoms with E-state index in [2.05, 4.69) is 20.6 Å². The van der Waals surface area contributed by atoms with E-state index in [-0.39, 0.29) is 17.3 Å². The Morgan fingerprint density at radius 3 is 2.31 bits per heavy atom. The number of nitrogens with zero attached hydrogens (tertiary/aromatic N) is 3. The zero-order chi connectivity index (χ0) is 18.9. The van der Waals surface area contributed by atoms with E-state index >= 15 is 0 Å². The first-order valence-corrected chi connectivity index (χ1v) is 8.28. The van der Waals surface area contributed by atoms with Crippen molar-refractivity contribution in [3.8, 4) is 11.5 Å². The molecule has 1 aromatic carbocycles. The zero-order valence-electron chi connectivity index (χ0n) is 15.1. The van der Waals surface area contributed by atoms with E-state index < -0.39 is 4.92 Å². The topological polar surface area (TPSA) is 111 Å². The van der Waals surface area contributed by atoms with Gasteiger partial charge in [0.15, 0.2) is 11.5 Å². The van der Waals surface area contributed by atoms with Gasteiger partial charge in [0, 0.05) is 13.1 Å². The number of hydrogen-bond acceptors (Lipinski definition) is 8. The quantitative estimate of drug-likeness (QED) is 0.491. The first kappa shape index (κ1) is 19.2. The summed E-state index contributed by atoms with van der Waals surface area (Å²) >= 11 is 0. The lowest BCUT2D eigenvalue weighted by Gasteiger charge is -2.11. The molecule has 26 heavy (non-hydrogen) atoms. The molecule has 1 aromatic heterocycles. The summed E-state index contributed by atoms with van der Waals surface area (Å²) in [6.07, 6.45) is 2.78. The second-order valence-corrected chi connectivity index (χ2v) is 5.47. The van der Waals surface area contributed by atoms with Crippen LogP contribution in [0.15, 0.2) is 24.5 Å². The number of anilines is 2. The third kappa shape index (κ3) is 4.71. The highest BCUT2D eigenvalue weighted by Gasteiger charge is 2.22. The molecule has 2 rings (SSSR count). The van der Waals surface area contributed by atoms with Crippen LogP contribution in [0.3, 0.4) is 0 Å². The van der Waals surface area contributed by atoms with Crippen LogP contribution < -0.4 is 20.1 Å². The van der Waals surface area contributed by atoms with Gasteiger partial charge in [-0.2, -0.15) is 0 Å². The maximum atomic E-state index is 11.4. The number of methoxy groups -OCH3 is 2. The molecule has 9 nitrogen and oxygen atoms in total. The molecule has 0 bridgehead atoms. The fraction of sp³-hybridized carbons (Fsp3) is 0.412. The molecule has 0 atom stereocenters. The van der Waals surface area contributed by atoms with Gasteiger partial charge < -0.3 is 20.1 Å². The Bertz CT molecular complexity index is 754. The summed E-state index contributed by atoms with van der Waals surface area (Å²) in [4.78, 5) is 18.9. The lowest BCUT2D eigenvalue weighted by Crippen LogP contribution is -2.12. The monoisotopic (exact) mass is 361 g/mol. The van der Waals surface area contributed by atoms with E-state index in [1.165, 1.54) is 6.33 Å². The van der Waals surface area contributed by atoms with Crippen molar-refractivity contribution >= 4 is 17.3 Å². The smallest absolute Gasteiger partial charge is 0.353 e. The van der Waals surface area contributed by atoms with Gasteiger partial charge in [0.1, 0.15) is 6.33 Å². The van der Waals surface area contributed by atoms with E-state index in [4.69, 9.17) is 9.47 Å². The fourth-order valence-electron chi connectivity index (χ4n) is 2.42. The maximum Gasteiger partial charge on any atom is 0.353 e. The Labute approximate surface area is 151 Å². The summed E-state index contributed by atoms with van der Waals surface area (Å²) < 4.78 is 10.5. The van der Waals surface area contributed by atoms with Gasteiger partial charge >= 0.3 is 5.69 Å². The number of nitro groups is 1. The van der Waals surface area contributed by atoms with Crippen LogP contribution in [0.1, 0.15) is 18.9 Å². The number of nitrogens with one attached hydrogen (secondary N) is 2. The van der Waals surface area contributed by atoms with E-state index in [9.17, 15) is 10.1 Å². The molecule has 0 fully saturated rings. The minimum atomic E-state index is -0.475. The SMILES string of the molecule is CCCNc1ncnc(NCCc2ccc(OC)c(OC)c2)c1[N+](=O)[O-]. The average Bonchev–Trinajstić information content (AvgIpc) is 2.65. The van der Waals surface area contributed by atoms with E-state index in [1.807, 2.05) is 25.1 Å². The van der Waals surface area contributed by atoms with Gasteiger partial charge in [0.25, 0.3) is 0 Å². The minimum Gasteiger partial charge on any atom is -0.493 e. The Hall–Kier alpha value is -3.10. The highest BCUT2D eigenvalue weighted by molar-refractivity contribution is 5.69. The van der Waals surface area contributed by atoms with Gasteiger partial charge in [0.2, 0.25) is 11.6 Å². The number of benzene rings is 1. The summed E-state index contributed by atoms with van der Waals surface area (Å²) in [5.41, 5.74) is 0.865. The molecule has 0 spiro atoms. The molecule has 0 aliphatic heterocycles. The van der Waals surface area contributed by atoms with Crippen LogP contribution in [0.4, 0.5) is 17.3 Å². The van der Waals surface area contributed by atoms with Crippen LogP contribution >= 0.6 is 0 Å². The molecule has 0 aliphatic rings. The first-order chi connectivity index (χ1) is 12.6. The Balaban J connectivity index is 2.08. The van der Waals surface area contributed by atoms with Gasteiger partial charge in [0.05, 0.1) is 19.1 Å². The molecule has 0 unspecified atom stereocenters. The molecular weight excluding hydrogens is 338 g/mol. The van der Waals surface area contributed by atoms with Gasteiger partial charge in [-0.1, -0.05) is 13.0 Å². The zero-order valence-corrected chi connectivity index (χ0v) is 15.1. The molecule has 2 aromatic rings. The molecule has 0 saturated carbocycles. The van der Waals surface area contributed by atoms with Crippen LogP contribution in [0.5, 0.6) is 11.5 Å². The number of rotatable bonds is 10. The first-order valence-electron chi connectivity index (χ1n) is 8.28. The van der Waals surface area contributed by atoms with E-state index in [0.717, 1.165) is 12.0 Å². The molecule has 1 heterocycles. The normalized spacial score (nSPS) is 10.3. The Kier molecular flexibility index (Phi) is 6.95. The van der Waals surface area contributed by atoms with Crippen molar-refractivity contribution in [1.82, 2.24) is 9.97 Å². The minimum absolute atomic E-state index is 0.145. The molecule has 0 aliphatic carbocycles. The van der Waals surface area contributed by atoms with Crippen LogP contribution in [0.2, 0.25) is 0 Å². The molecule has 0 radical (unpaired) electrons. The van der Waals surface area contributed by atoms with Gasteiger partial charge in [-0.25, -0.2) is 9.97 Å². The largest absolute Gasteiger partial charge is 0.493 e. The van der Waals surface area contributed by atoms with Crippen molar-refractivity contribution < 1.29 is 14.4 Å². The Morgan fingerprint density at radius 2 is 1.73 bits per heavy atom. The highest BCUT2D eigenvalue weighted by atomic mass is 16.6. The number of ether oxygens (including phenoxy) is 2. The van der Waals surface area contributed by atoms with Crippen molar-refractivity contribution in [1.29, 1.82) is 0 Å². The molecule has 2 N–H and O–H groups in total. The van der Waals surface area contributed by atoms with Crippen LogP contribution in [-0.2, 0) is 6.42 Å². The fourth-order valence-corrected chi connectivity index (χ4v) is 2.42. The lowest BCUT2D eigenvalue weighted by molar-refractivity contribution is -0.383. The predicted molar refractivity (Wildman–Crippen MR) is 99.2 cm³/mol. The standard InChI is InChI=1S/C17H23N5O4/c1-4-8-18-16-15(22(23)24)17(21-11-20-16)19-9-7-12-5-6-13(25-2)14(10-12)26-3/h5-6,10-11H,4,7-9H2,1-3H3,(H2,18,19,20,21). The summed E-state index contributed by atoms with van der Waals surface area (Å²) in [5.74, 6) is 1.72. The number of hydrogen-bond donors (Lipinski definition) is 2. The third-order valence-corrected chi connectivity index (χ3v) is 3.70. The van der Waals surface area contributed by atoms with Crippen molar-refractivity contribution in [2.75, 3.05) is 37.9 Å². The van der Waals surface area contributed by atoms with Crippen molar-refractivity contribution in [3.63, 3.8) is 0 Å². The highest BCUT2D eigenvalue weighted by Crippen LogP contribution is 2.30. The molecule has 0 amide bonds. The third-order valence-electron chi connectivity index (χ3n) is 3.70. The summed E-state index contributed by atoms with van der Waals surface area (Å²) in [5, 5.41) is 17.4. The Morgan fingerprint density at radius 1 is 1.08 bits per heavy atom. The van der Waals surface area contributed by atoms with Crippen molar-refractivity contribution in [2.45, 2.75) is 19.8 Å². The maximum absolute atomic E-state index is 11.4. The summed E-state index contributed by atoms with van der Waals surface area (Å²) in [6, 6.07) is 5.63. The average molecular weight is 361 g/mol. The van der Waals surface area contributed by atoms with Crippen LogP contribution in [0.25, 0.3) is 0 Å². The van der Waals surface area contributed by atoms with E-state index in [1.54, 1.807) is 14.2 Å². The summed E-state index contributed by atoms with van der Waals surface area (Å²) in [6.45, 7) is 3.05. The molecular formula is C17H23N5O4. The molecule has 9 heteroatoms. The van der Waals surface area contributed by atoms with Crippen LogP contribution in [-0.4, -0.2) is 42.2 Å². The second kappa shape index (κ2) is 9.40. The van der Waals surface area contributed by atoms with Crippen molar-refractivity contribution in [3.05, 3.63) is 40.2 Å². The second-order valence-electron chi connectivity index (χ2n) is 5.47.